The molecule has 4 nitrogen and oxygen atoms in total. The zero-order valence-corrected chi connectivity index (χ0v) is 13.5. The summed E-state index contributed by atoms with van der Waals surface area (Å²) in [6.45, 7) is 0. The van der Waals surface area contributed by atoms with Crippen molar-refractivity contribution in [2.24, 2.45) is 5.92 Å². The van der Waals surface area contributed by atoms with Crippen LogP contribution in [0.4, 0.5) is 20.2 Å². The zero-order valence-electron chi connectivity index (χ0n) is 13.5. The minimum atomic E-state index is -2.89. The van der Waals surface area contributed by atoms with Gasteiger partial charge in [-0.3, -0.25) is 0 Å². The van der Waals surface area contributed by atoms with Crippen LogP contribution in [0, 0.1) is 5.92 Å². The molecule has 1 saturated carbocycles. The van der Waals surface area contributed by atoms with E-state index in [1.807, 2.05) is 0 Å². The predicted molar refractivity (Wildman–Crippen MR) is 87.8 cm³/mol. The van der Waals surface area contributed by atoms with Gasteiger partial charge >= 0.3 is 0 Å². The molecule has 6 heteroatoms. The first-order valence-corrected chi connectivity index (χ1v) is 8.15. The minimum absolute atomic E-state index is 0.188. The highest BCUT2D eigenvalue weighted by Gasteiger charge is 2.32. The molecule has 0 aromatic heterocycles. The Morgan fingerprint density at radius 2 is 2.13 bits per heavy atom. The Balaban J connectivity index is 1.78. The van der Waals surface area contributed by atoms with Crippen LogP contribution >= 0.6 is 0 Å². The van der Waals surface area contributed by atoms with Gasteiger partial charge in [0.25, 0.3) is 5.92 Å². The summed E-state index contributed by atoms with van der Waals surface area (Å²) in [6, 6.07) is 4.84. The summed E-state index contributed by atoms with van der Waals surface area (Å²) in [5.74, 6) is -1.57. The molecular formula is C17H26F2N2O2. The van der Waals surface area contributed by atoms with Gasteiger partial charge in [0.1, 0.15) is 12.0 Å². The lowest BCUT2D eigenvalue weighted by Gasteiger charge is -2.22. The van der Waals surface area contributed by atoms with Crippen molar-refractivity contribution >= 4 is 11.4 Å². The number of benzene rings is 1. The van der Waals surface area contributed by atoms with Crippen LogP contribution in [-0.2, 0) is 0 Å². The van der Waals surface area contributed by atoms with E-state index in [4.69, 9.17) is 10.5 Å². The van der Waals surface area contributed by atoms with Crippen molar-refractivity contribution < 1.29 is 18.6 Å². The molecular weight excluding hydrogens is 302 g/mol. The number of rotatable bonds is 10. The Bertz CT molecular complexity index is 507. The van der Waals surface area contributed by atoms with E-state index >= 15 is 0 Å². The molecule has 4 N–H and O–H groups in total. The molecule has 0 saturated heterocycles. The van der Waals surface area contributed by atoms with Crippen molar-refractivity contribution in [3.63, 3.8) is 0 Å². The maximum Gasteiger partial charge on any atom is 0.252 e. The Morgan fingerprint density at radius 1 is 1.39 bits per heavy atom. The number of unbranched alkanes of at least 4 members (excludes halogenated alkanes) is 1. The molecule has 23 heavy (non-hydrogen) atoms. The highest BCUT2D eigenvalue weighted by molar-refractivity contribution is 5.68. The standard InChI is InChI=1S/C17H26F2N2O2/c1-23-13-7-8-14(20)15(10-13)21-16(22)11-17(18,19)9-3-2-4-12-5-6-12/h7-8,10,12,16,21-22H,2-6,9,11,20H2,1H3. The van der Waals surface area contributed by atoms with Gasteiger partial charge in [0, 0.05) is 12.5 Å². The second-order valence-electron chi connectivity index (χ2n) is 6.36. The molecule has 1 atom stereocenters. The number of anilines is 2. The highest BCUT2D eigenvalue weighted by atomic mass is 19.3. The van der Waals surface area contributed by atoms with E-state index in [9.17, 15) is 13.9 Å². The van der Waals surface area contributed by atoms with Gasteiger partial charge in [-0.05, 0) is 24.5 Å². The monoisotopic (exact) mass is 328 g/mol. The third kappa shape index (κ3) is 6.22. The first-order valence-electron chi connectivity index (χ1n) is 8.15. The molecule has 1 aromatic carbocycles. The number of methoxy groups -OCH3 is 1. The van der Waals surface area contributed by atoms with Crippen molar-refractivity contribution in [2.45, 2.75) is 57.1 Å². The Kier molecular flexibility index (Phi) is 6.04. The number of aliphatic hydroxyl groups excluding tert-OH is 1. The van der Waals surface area contributed by atoms with E-state index in [1.54, 1.807) is 18.2 Å². The van der Waals surface area contributed by atoms with Crippen molar-refractivity contribution in [1.82, 2.24) is 0 Å². The molecule has 130 valence electrons. The van der Waals surface area contributed by atoms with Crippen LogP contribution in [0.3, 0.4) is 0 Å². The number of hydrogen-bond donors (Lipinski definition) is 3. The first-order chi connectivity index (χ1) is 10.9. The quantitative estimate of drug-likeness (QED) is 0.345. The molecule has 0 bridgehead atoms. The summed E-state index contributed by atoms with van der Waals surface area (Å²) in [5, 5.41) is 12.5. The van der Waals surface area contributed by atoms with Gasteiger partial charge in [-0.1, -0.05) is 25.7 Å². The van der Waals surface area contributed by atoms with Gasteiger partial charge in [0.2, 0.25) is 0 Å². The molecule has 0 aliphatic heterocycles. The molecule has 1 fully saturated rings. The fraction of sp³-hybridized carbons (Fsp3) is 0.647. The van der Waals surface area contributed by atoms with Crippen molar-refractivity contribution in [1.29, 1.82) is 0 Å². The van der Waals surface area contributed by atoms with E-state index in [0.29, 0.717) is 23.5 Å². The lowest BCUT2D eigenvalue weighted by atomic mass is 10.0. The molecule has 1 aliphatic carbocycles. The topological polar surface area (TPSA) is 67.5 Å². The number of halogens is 2. The molecule has 0 spiro atoms. The molecule has 1 unspecified atom stereocenters. The number of nitrogens with two attached hydrogens (primary N) is 1. The summed E-state index contributed by atoms with van der Waals surface area (Å²) in [4.78, 5) is 0. The van der Waals surface area contributed by atoms with Crippen LogP contribution in [0.15, 0.2) is 18.2 Å². The van der Waals surface area contributed by atoms with E-state index in [0.717, 1.165) is 18.8 Å². The Labute approximate surface area is 136 Å². The average Bonchev–Trinajstić information content (AvgIpc) is 3.29. The van der Waals surface area contributed by atoms with Crippen LogP contribution in [0.5, 0.6) is 5.75 Å². The van der Waals surface area contributed by atoms with Gasteiger partial charge < -0.3 is 20.9 Å². The van der Waals surface area contributed by atoms with Gasteiger partial charge in [0.05, 0.1) is 24.9 Å². The number of ether oxygens (including phenoxy) is 1. The SMILES string of the molecule is COc1ccc(N)c(NC(O)CC(F)(F)CCCCC2CC2)c1. The Hall–Kier alpha value is -1.56. The number of nitrogens with one attached hydrogen (secondary N) is 1. The summed E-state index contributed by atoms with van der Waals surface area (Å²) in [6.07, 6.45) is 2.71. The lowest BCUT2D eigenvalue weighted by Crippen LogP contribution is -2.29. The van der Waals surface area contributed by atoms with Gasteiger partial charge in [-0.25, -0.2) is 8.78 Å². The van der Waals surface area contributed by atoms with Crippen LogP contribution in [0.25, 0.3) is 0 Å². The van der Waals surface area contributed by atoms with Gasteiger partial charge in [-0.2, -0.15) is 0 Å². The van der Waals surface area contributed by atoms with Crippen LogP contribution in [0.2, 0.25) is 0 Å². The maximum absolute atomic E-state index is 13.9. The number of nitrogen functional groups attached to an aromatic ring is 1. The van der Waals surface area contributed by atoms with E-state index in [2.05, 4.69) is 5.32 Å². The molecule has 1 aromatic rings. The summed E-state index contributed by atoms with van der Waals surface area (Å²) in [5.41, 5.74) is 6.53. The lowest BCUT2D eigenvalue weighted by molar-refractivity contribution is -0.0466. The molecule has 1 aliphatic rings. The zero-order chi connectivity index (χ0) is 16.9. The van der Waals surface area contributed by atoms with E-state index in [-0.39, 0.29) is 6.42 Å². The maximum atomic E-state index is 13.9. The van der Waals surface area contributed by atoms with Crippen molar-refractivity contribution in [2.75, 3.05) is 18.2 Å². The van der Waals surface area contributed by atoms with Crippen molar-refractivity contribution in [3.8, 4) is 5.75 Å². The number of aliphatic hydroxyl groups is 1. The second kappa shape index (κ2) is 7.81. The third-order valence-electron chi connectivity index (χ3n) is 4.18. The fourth-order valence-corrected chi connectivity index (χ4v) is 2.63. The summed E-state index contributed by atoms with van der Waals surface area (Å²) < 4.78 is 32.9. The molecule has 0 heterocycles. The second-order valence-corrected chi connectivity index (χ2v) is 6.36. The molecule has 2 rings (SSSR count). The largest absolute Gasteiger partial charge is 0.497 e. The molecule has 0 radical (unpaired) electrons. The van der Waals surface area contributed by atoms with Gasteiger partial charge in [0.15, 0.2) is 0 Å². The summed E-state index contributed by atoms with van der Waals surface area (Å²) in [7, 11) is 1.50. The minimum Gasteiger partial charge on any atom is -0.497 e. The smallest absolute Gasteiger partial charge is 0.252 e. The predicted octanol–water partition coefficient (Wildman–Crippen LogP) is 4.00. The summed E-state index contributed by atoms with van der Waals surface area (Å²) >= 11 is 0. The molecule has 0 amide bonds. The fourth-order valence-electron chi connectivity index (χ4n) is 2.63. The van der Waals surface area contributed by atoms with Crippen molar-refractivity contribution in [3.05, 3.63) is 18.2 Å². The van der Waals surface area contributed by atoms with Gasteiger partial charge in [-0.15, -0.1) is 0 Å². The van der Waals surface area contributed by atoms with Crippen LogP contribution in [-0.4, -0.2) is 24.4 Å². The van der Waals surface area contributed by atoms with E-state index in [1.165, 1.54) is 20.0 Å². The number of hydrogen-bond acceptors (Lipinski definition) is 4. The highest BCUT2D eigenvalue weighted by Crippen LogP contribution is 2.35. The Morgan fingerprint density at radius 3 is 2.78 bits per heavy atom. The normalized spacial score (nSPS) is 16.2. The van der Waals surface area contributed by atoms with Crippen LogP contribution < -0.4 is 15.8 Å². The number of alkyl halides is 2. The first kappa shape index (κ1) is 17.8. The third-order valence-corrected chi connectivity index (χ3v) is 4.18. The average molecular weight is 328 g/mol. The van der Waals surface area contributed by atoms with Crippen LogP contribution in [0.1, 0.15) is 44.9 Å². The van der Waals surface area contributed by atoms with E-state index < -0.39 is 18.6 Å².